The van der Waals surface area contributed by atoms with Crippen molar-refractivity contribution >= 4 is 11.8 Å². The summed E-state index contributed by atoms with van der Waals surface area (Å²) >= 11 is 2.11. The Kier molecular flexibility index (Phi) is 5.36. The summed E-state index contributed by atoms with van der Waals surface area (Å²) in [5.41, 5.74) is 6.06. The number of ether oxygens (including phenoxy) is 1. The number of thioether (sulfide) groups is 1. The summed E-state index contributed by atoms with van der Waals surface area (Å²) in [6, 6.07) is 0.573. The molecule has 0 amide bonds. The van der Waals surface area contributed by atoms with E-state index < -0.39 is 0 Å². The van der Waals surface area contributed by atoms with Gasteiger partial charge >= 0.3 is 0 Å². The molecule has 2 heterocycles. The first kappa shape index (κ1) is 14.6. The molecule has 4 heteroatoms. The maximum absolute atomic E-state index is 6.06. The lowest BCUT2D eigenvalue weighted by atomic mass is 9.90. The van der Waals surface area contributed by atoms with Crippen LogP contribution in [0.3, 0.4) is 0 Å². The fourth-order valence-electron chi connectivity index (χ4n) is 3.11. The number of nitrogens with two attached hydrogens (primary N) is 1. The van der Waals surface area contributed by atoms with Crippen LogP contribution in [-0.4, -0.2) is 54.3 Å². The molecule has 2 aliphatic heterocycles. The van der Waals surface area contributed by atoms with Gasteiger partial charge in [-0.3, -0.25) is 4.90 Å². The lowest BCUT2D eigenvalue weighted by Crippen LogP contribution is -2.48. The first-order valence-electron chi connectivity index (χ1n) is 7.28. The fourth-order valence-corrected chi connectivity index (χ4v) is 4.22. The molecule has 0 spiro atoms. The van der Waals surface area contributed by atoms with E-state index in [2.05, 4.69) is 30.5 Å². The average Bonchev–Trinajstić information content (AvgIpc) is 2.54. The van der Waals surface area contributed by atoms with Crippen LogP contribution in [0.25, 0.3) is 0 Å². The summed E-state index contributed by atoms with van der Waals surface area (Å²) in [6.45, 7) is 9.80. The third-order valence-corrected chi connectivity index (χ3v) is 5.77. The Bertz CT molecular complexity index is 254. The van der Waals surface area contributed by atoms with Crippen LogP contribution in [0.15, 0.2) is 0 Å². The molecule has 2 rings (SSSR count). The second kappa shape index (κ2) is 6.60. The molecule has 2 fully saturated rings. The normalized spacial score (nSPS) is 28.8. The number of rotatable bonds is 3. The van der Waals surface area contributed by atoms with Crippen molar-refractivity contribution in [2.75, 3.05) is 38.6 Å². The van der Waals surface area contributed by atoms with Crippen LogP contribution in [-0.2, 0) is 4.74 Å². The number of hydrogen-bond acceptors (Lipinski definition) is 4. The van der Waals surface area contributed by atoms with Crippen LogP contribution in [0, 0.1) is 5.92 Å². The van der Waals surface area contributed by atoms with Crippen molar-refractivity contribution in [1.29, 1.82) is 0 Å². The maximum atomic E-state index is 6.06. The Morgan fingerprint density at radius 2 is 2.06 bits per heavy atom. The van der Waals surface area contributed by atoms with Crippen molar-refractivity contribution < 1.29 is 4.74 Å². The van der Waals surface area contributed by atoms with Gasteiger partial charge in [0.2, 0.25) is 0 Å². The molecular formula is C14H28N2OS. The minimum Gasteiger partial charge on any atom is -0.381 e. The molecule has 0 saturated carbocycles. The topological polar surface area (TPSA) is 38.5 Å². The summed E-state index contributed by atoms with van der Waals surface area (Å²) < 4.78 is 5.91. The lowest BCUT2D eigenvalue weighted by molar-refractivity contribution is 0.0288. The van der Waals surface area contributed by atoms with Crippen LogP contribution in [0.1, 0.15) is 33.1 Å². The van der Waals surface area contributed by atoms with Gasteiger partial charge in [0, 0.05) is 42.8 Å². The summed E-state index contributed by atoms with van der Waals surface area (Å²) in [6.07, 6.45) is 3.65. The van der Waals surface area contributed by atoms with Crippen LogP contribution < -0.4 is 5.73 Å². The first-order chi connectivity index (χ1) is 8.62. The Morgan fingerprint density at radius 3 is 2.72 bits per heavy atom. The Labute approximate surface area is 116 Å². The first-order valence-corrected chi connectivity index (χ1v) is 8.27. The standard InChI is InChI=1S/C14H28N2OS/c1-14(2)5-6-16(7-10-18-14)13(11-15)12-3-8-17-9-4-12/h12-13H,3-11,15H2,1-2H3. The molecule has 0 aromatic heterocycles. The predicted octanol–water partition coefficient (Wildman–Crippen LogP) is 1.96. The minimum absolute atomic E-state index is 0.434. The molecule has 3 nitrogen and oxygen atoms in total. The molecule has 106 valence electrons. The van der Waals surface area contributed by atoms with Gasteiger partial charge in [0.15, 0.2) is 0 Å². The van der Waals surface area contributed by atoms with E-state index in [0.29, 0.717) is 10.8 Å². The molecule has 1 atom stereocenters. The van der Waals surface area contributed by atoms with Gasteiger partial charge in [-0.2, -0.15) is 11.8 Å². The molecule has 2 saturated heterocycles. The van der Waals surface area contributed by atoms with Crippen molar-refractivity contribution in [3.05, 3.63) is 0 Å². The van der Waals surface area contributed by atoms with Gasteiger partial charge in [0.1, 0.15) is 0 Å². The van der Waals surface area contributed by atoms with Crippen molar-refractivity contribution in [1.82, 2.24) is 4.90 Å². The van der Waals surface area contributed by atoms with E-state index in [1.54, 1.807) is 0 Å². The summed E-state index contributed by atoms with van der Waals surface area (Å²) in [5, 5.41) is 0. The Hall–Kier alpha value is 0.230. The zero-order valence-corrected chi connectivity index (χ0v) is 12.7. The molecule has 0 aromatic carbocycles. The number of nitrogens with zero attached hydrogens (tertiary/aromatic N) is 1. The second-order valence-electron chi connectivity index (χ2n) is 6.15. The molecule has 1 unspecified atom stereocenters. The smallest absolute Gasteiger partial charge is 0.0469 e. The van der Waals surface area contributed by atoms with E-state index in [-0.39, 0.29) is 0 Å². The quantitative estimate of drug-likeness (QED) is 0.852. The van der Waals surface area contributed by atoms with Crippen LogP contribution >= 0.6 is 11.8 Å². The van der Waals surface area contributed by atoms with Gasteiger partial charge in [0.05, 0.1) is 0 Å². The monoisotopic (exact) mass is 272 g/mol. The van der Waals surface area contributed by atoms with E-state index >= 15 is 0 Å². The molecular weight excluding hydrogens is 244 g/mol. The Balaban J connectivity index is 1.94. The van der Waals surface area contributed by atoms with Gasteiger partial charge in [-0.05, 0) is 31.7 Å². The maximum Gasteiger partial charge on any atom is 0.0469 e. The zero-order chi connectivity index (χ0) is 13.0. The Morgan fingerprint density at radius 1 is 1.33 bits per heavy atom. The fraction of sp³-hybridized carbons (Fsp3) is 1.00. The number of hydrogen-bond donors (Lipinski definition) is 1. The predicted molar refractivity (Wildman–Crippen MR) is 79.1 cm³/mol. The van der Waals surface area contributed by atoms with E-state index in [4.69, 9.17) is 10.5 Å². The minimum atomic E-state index is 0.434. The molecule has 18 heavy (non-hydrogen) atoms. The van der Waals surface area contributed by atoms with Gasteiger partial charge in [-0.1, -0.05) is 13.8 Å². The highest BCUT2D eigenvalue weighted by atomic mass is 32.2. The van der Waals surface area contributed by atoms with Crippen molar-refractivity contribution in [2.45, 2.75) is 43.9 Å². The molecule has 0 radical (unpaired) electrons. The van der Waals surface area contributed by atoms with Crippen LogP contribution in [0.2, 0.25) is 0 Å². The summed E-state index contributed by atoms with van der Waals surface area (Å²) in [7, 11) is 0. The molecule has 0 aliphatic carbocycles. The summed E-state index contributed by atoms with van der Waals surface area (Å²) in [4.78, 5) is 2.65. The molecule has 2 aliphatic rings. The van der Waals surface area contributed by atoms with E-state index in [9.17, 15) is 0 Å². The third-order valence-electron chi connectivity index (χ3n) is 4.39. The van der Waals surface area contributed by atoms with Crippen molar-refractivity contribution in [3.63, 3.8) is 0 Å². The van der Waals surface area contributed by atoms with Gasteiger partial charge < -0.3 is 10.5 Å². The molecule has 2 N–H and O–H groups in total. The van der Waals surface area contributed by atoms with Crippen LogP contribution in [0.4, 0.5) is 0 Å². The van der Waals surface area contributed by atoms with Crippen molar-refractivity contribution in [2.24, 2.45) is 11.7 Å². The average molecular weight is 272 g/mol. The van der Waals surface area contributed by atoms with E-state index in [1.807, 2.05) is 0 Å². The SMILES string of the molecule is CC1(C)CCN(C(CN)C2CCOCC2)CCS1. The molecule has 0 bridgehead atoms. The van der Waals surface area contributed by atoms with Crippen LogP contribution in [0.5, 0.6) is 0 Å². The highest BCUT2D eigenvalue weighted by molar-refractivity contribution is 8.00. The molecule has 0 aromatic rings. The highest BCUT2D eigenvalue weighted by Gasteiger charge is 2.31. The third kappa shape index (κ3) is 3.86. The zero-order valence-electron chi connectivity index (χ0n) is 11.9. The van der Waals surface area contributed by atoms with Crippen molar-refractivity contribution in [3.8, 4) is 0 Å². The second-order valence-corrected chi connectivity index (χ2v) is 7.95. The summed E-state index contributed by atoms with van der Waals surface area (Å²) in [5.74, 6) is 1.99. The van der Waals surface area contributed by atoms with Gasteiger partial charge in [-0.15, -0.1) is 0 Å². The highest BCUT2D eigenvalue weighted by Crippen LogP contribution is 2.32. The van der Waals surface area contributed by atoms with Gasteiger partial charge in [0.25, 0.3) is 0 Å². The lowest BCUT2D eigenvalue weighted by Gasteiger charge is -2.37. The van der Waals surface area contributed by atoms with Gasteiger partial charge in [-0.25, -0.2) is 0 Å². The van der Waals surface area contributed by atoms with E-state index in [1.165, 1.54) is 38.1 Å². The van der Waals surface area contributed by atoms with E-state index in [0.717, 1.165) is 25.7 Å². The largest absolute Gasteiger partial charge is 0.381 e.